The number of hydrogen-bond acceptors (Lipinski definition) is 2. The van der Waals surface area contributed by atoms with Gasteiger partial charge in [0.2, 0.25) is 0 Å². The third kappa shape index (κ3) is 2.60. The van der Waals surface area contributed by atoms with Crippen molar-refractivity contribution in [3.05, 3.63) is 28.0 Å². The van der Waals surface area contributed by atoms with Gasteiger partial charge in [-0.25, -0.2) is 0 Å². The average molecular weight is 215 g/mol. The lowest BCUT2D eigenvalue weighted by atomic mass is 10.1. The summed E-state index contributed by atoms with van der Waals surface area (Å²) in [5.41, 5.74) is 6.31. The van der Waals surface area contributed by atoms with Crippen molar-refractivity contribution >= 4 is 23.2 Å². The molecule has 68 valence electrons. The van der Waals surface area contributed by atoms with Crippen molar-refractivity contribution in [2.75, 3.05) is 0 Å². The molecule has 13 heavy (non-hydrogen) atoms. The molecule has 2 N–H and O–H groups in total. The van der Waals surface area contributed by atoms with Crippen molar-refractivity contribution in [3.63, 3.8) is 0 Å². The maximum Gasteiger partial charge on any atom is 0.0767 e. The normalized spacial score (nSPS) is 12.2. The topological polar surface area (TPSA) is 38.9 Å². The number of nitrogens with two attached hydrogens (primary N) is 1. The fourth-order valence-electron chi connectivity index (χ4n) is 0.922. The molecule has 0 aliphatic heterocycles. The van der Waals surface area contributed by atoms with Gasteiger partial charge in [0.05, 0.1) is 21.8 Å². The zero-order chi connectivity index (χ0) is 9.84. The highest BCUT2D eigenvalue weighted by Gasteiger charge is 2.10. The molecule has 1 aromatic heterocycles. The third-order valence-electron chi connectivity index (χ3n) is 1.53. The molecule has 0 fully saturated rings. The molecule has 0 bridgehead atoms. The van der Waals surface area contributed by atoms with E-state index in [2.05, 4.69) is 10.9 Å². The van der Waals surface area contributed by atoms with Gasteiger partial charge < -0.3 is 5.73 Å². The van der Waals surface area contributed by atoms with Crippen LogP contribution in [0.2, 0.25) is 10.0 Å². The molecule has 4 heteroatoms. The van der Waals surface area contributed by atoms with Crippen LogP contribution in [0, 0.1) is 12.3 Å². The van der Waals surface area contributed by atoms with Gasteiger partial charge in [-0.1, -0.05) is 23.2 Å². The SMILES string of the molecule is C#CCC(N)c1ncc(Cl)cc1Cl. The maximum atomic E-state index is 5.86. The molecule has 0 amide bonds. The van der Waals surface area contributed by atoms with Crippen molar-refractivity contribution in [1.29, 1.82) is 0 Å². The second kappa shape index (κ2) is 4.48. The Bertz CT molecular complexity index is 344. The molecule has 1 atom stereocenters. The maximum absolute atomic E-state index is 5.86. The van der Waals surface area contributed by atoms with Gasteiger partial charge in [-0.15, -0.1) is 12.3 Å². The van der Waals surface area contributed by atoms with E-state index >= 15 is 0 Å². The van der Waals surface area contributed by atoms with E-state index in [1.54, 1.807) is 6.07 Å². The highest BCUT2D eigenvalue weighted by molar-refractivity contribution is 6.34. The van der Waals surface area contributed by atoms with Crippen LogP contribution < -0.4 is 5.73 Å². The standard InChI is InChI=1S/C9H8Cl2N2/c1-2-3-8(12)9-7(11)4-6(10)5-13-9/h1,4-5,8H,3,12H2. The Morgan fingerprint density at radius 2 is 2.31 bits per heavy atom. The van der Waals surface area contributed by atoms with Crippen molar-refractivity contribution in [1.82, 2.24) is 4.98 Å². The molecule has 2 nitrogen and oxygen atoms in total. The summed E-state index contributed by atoms with van der Waals surface area (Å²) < 4.78 is 0. The second-order valence-corrected chi connectivity index (χ2v) is 3.38. The fourth-order valence-corrected chi connectivity index (χ4v) is 1.44. The van der Waals surface area contributed by atoms with Crippen LogP contribution in [0.4, 0.5) is 0 Å². The first-order chi connectivity index (χ1) is 6.15. The molecule has 1 rings (SSSR count). The van der Waals surface area contributed by atoms with Gasteiger partial charge in [-0.2, -0.15) is 0 Å². The lowest BCUT2D eigenvalue weighted by Gasteiger charge is -2.08. The van der Waals surface area contributed by atoms with E-state index in [4.69, 9.17) is 35.4 Å². The lowest BCUT2D eigenvalue weighted by Crippen LogP contribution is -2.11. The first kappa shape index (κ1) is 10.3. The molecule has 0 saturated carbocycles. The summed E-state index contributed by atoms with van der Waals surface area (Å²) in [4.78, 5) is 4.01. The molecule has 0 spiro atoms. The highest BCUT2D eigenvalue weighted by atomic mass is 35.5. The number of hydrogen-bond donors (Lipinski definition) is 1. The fraction of sp³-hybridized carbons (Fsp3) is 0.222. The highest BCUT2D eigenvalue weighted by Crippen LogP contribution is 2.23. The first-order valence-electron chi connectivity index (χ1n) is 3.65. The summed E-state index contributed by atoms with van der Waals surface area (Å²) in [6.07, 6.45) is 7.03. The Balaban J connectivity index is 2.96. The van der Waals surface area contributed by atoms with Crippen molar-refractivity contribution in [2.24, 2.45) is 5.73 Å². The molecule has 1 aromatic rings. The summed E-state index contributed by atoms with van der Waals surface area (Å²) in [5, 5.41) is 0.942. The van der Waals surface area contributed by atoms with Gasteiger partial charge in [0.25, 0.3) is 0 Å². The first-order valence-corrected chi connectivity index (χ1v) is 4.40. The molecule has 0 aliphatic rings. The van der Waals surface area contributed by atoms with E-state index in [1.165, 1.54) is 6.20 Å². The smallest absolute Gasteiger partial charge is 0.0767 e. The van der Waals surface area contributed by atoms with E-state index in [0.717, 1.165) is 0 Å². The molecular formula is C9H8Cl2N2. The van der Waals surface area contributed by atoms with Crippen LogP contribution in [0.15, 0.2) is 12.3 Å². The summed E-state index contributed by atoms with van der Waals surface area (Å²) in [6, 6.07) is 1.27. The minimum absolute atomic E-state index is 0.324. The predicted molar refractivity (Wildman–Crippen MR) is 54.6 cm³/mol. The molecule has 0 aliphatic carbocycles. The van der Waals surface area contributed by atoms with Crippen molar-refractivity contribution < 1.29 is 0 Å². The molecular weight excluding hydrogens is 207 g/mol. The van der Waals surface area contributed by atoms with Crippen LogP contribution in [0.1, 0.15) is 18.2 Å². The van der Waals surface area contributed by atoms with Gasteiger partial charge >= 0.3 is 0 Å². The van der Waals surface area contributed by atoms with Gasteiger partial charge in [-0.05, 0) is 6.07 Å². The van der Waals surface area contributed by atoms with Crippen molar-refractivity contribution in [2.45, 2.75) is 12.5 Å². The molecule has 1 unspecified atom stereocenters. The Hall–Kier alpha value is -0.750. The molecule has 0 aromatic carbocycles. The predicted octanol–water partition coefficient (Wildman–Crippen LogP) is 2.41. The third-order valence-corrected chi connectivity index (χ3v) is 2.03. The van der Waals surface area contributed by atoms with Crippen molar-refractivity contribution in [3.8, 4) is 12.3 Å². The van der Waals surface area contributed by atoms with Crippen LogP contribution in [0.3, 0.4) is 0 Å². The van der Waals surface area contributed by atoms with Gasteiger partial charge in [0.15, 0.2) is 0 Å². The number of rotatable bonds is 2. The second-order valence-electron chi connectivity index (χ2n) is 2.54. The minimum Gasteiger partial charge on any atom is -0.322 e. The quantitative estimate of drug-likeness (QED) is 0.769. The van der Waals surface area contributed by atoms with Crippen LogP contribution in [0.5, 0.6) is 0 Å². The van der Waals surface area contributed by atoms with Gasteiger partial charge in [-0.3, -0.25) is 4.98 Å². The Morgan fingerprint density at radius 3 is 2.85 bits per heavy atom. The lowest BCUT2D eigenvalue weighted by molar-refractivity contribution is 0.725. The van der Waals surface area contributed by atoms with Crippen LogP contribution in [0.25, 0.3) is 0 Å². The summed E-state index contributed by atoms with van der Waals surface area (Å²) >= 11 is 11.5. The number of aromatic nitrogens is 1. The van der Waals surface area contributed by atoms with E-state index in [0.29, 0.717) is 22.2 Å². The number of halogens is 2. The van der Waals surface area contributed by atoms with Crippen LogP contribution in [-0.2, 0) is 0 Å². The van der Waals surface area contributed by atoms with Gasteiger partial charge in [0, 0.05) is 12.6 Å². The molecule has 0 saturated heterocycles. The van der Waals surface area contributed by atoms with E-state index in [1.807, 2.05) is 0 Å². The molecule has 0 radical (unpaired) electrons. The number of nitrogens with zero attached hydrogens (tertiary/aromatic N) is 1. The number of pyridine rings is 1. The number of terminal acetylenes is 1. The molecule has 1 heterocycles. The monoisotopic (exact) mass is 214 g/mol. The Morgan fingerprint density at radius 1 is 1.62 bits per heavy atom. The zero-order valence-electron chi connectivity index (χ0n) is 6.80. The van der Waals surface area contributed by atoms with E-state index in [-0.39, 0.29) is 6.04 Å². The summed E-state index contributed by atoms with van der Waals surface area (Å²) in [7, 11) is 0. The minimum atomic E-state index is -0.324. The largest absolute Gasteiger partial charge is 0.322 e. The van der Waals surface area contributed by atoms with Crippen LogP contribution >= 0.6 is 23.2 Å². The zero-order valence-corrected chi connectivity index (χ0v) is 8.31. The summed E-state index contributed by atoms with van der Waals surface area (Å²) in [5.74, 6) is 2.45. The van der Waals surface area contributed by atoms with Gasteiger partial charge in [0.1, 0.15) is 0 Å². The summed E-state index contributed by atoms with van der Waals surface area (Å²) in [6.45, 7) is 0. The van der Waals surface area contributed by atoms with Crippen LogP contribution in [-0.4, -0.2) is 4.98 Å². The Labute approximate surface area is 87.1 Å². The average Bonchev–Trinajstić information content (AvgIpc) is 2.04. The Kier molecular flexibility index (Phi) is 3.56. The van der Waals surface area contributed by atoms with E-state index in [9.17, 15) is 0 Å². The van der Waals surface area contributed by atoms with E-state index < -0.39 is 0 Å².